The van der Waals surface area contributed by atoms with E-state index in [-0.39, 0.29) is 30.5 Å². The first-order chi connectivity index (χ1) is 10.1. The normalized spacial score (nSPS) is 17.9. The number of carbonyl (C=O) groups excluding carboxylic acids is 2. The average molecular weight is 291 g/mol. The fraction of sp³-hybridized carbons (Fsp3) is 0.357. The van der Waals surface area contributed by atoms with Gasteiger partial charge in [-0.25, -0.2) is 4.79 Å². The Morgan fingerprint density at radius 1 is 1.29 bits per heavy atom. The number of carboxylic acids is 1. The molecule has 1 atom stereocenters. The third-order valence-electron chi connectivity index (χ3n) is 3.24. The van der Waals surface area contributed by atoms with Gasteiger partial charge in [-0.2, -0.15) is 0 Å². The van der Waals surface area contributed by atoms with Crippen molar-refractivity contribution in [3.05, 3.63) is 35.4 Å². The van der Waals surface area contributed by atoms with E-state index in [1.807, 2.05) is 0 Å². The summed E-state index contributed by atoms with van der Waals surface area (Å²) in [6.45, 7) is 0.893. The molecule has 1 heterocycles. The first-order valence-electron chi connectivity index (χ1n) is 6.66. The molecular formula is C14H17N3O4. The van der Waals surface area contributed by atoms with E-state index in [2.05, 4.69) is 16.0 Å². The molecule has 1 aliphatic rings. The number of benzene rings is 1. The molecule has 1 saturated heterocycles. The Hall–Kier alpha value is -2.41. The van der Waals surface area contributed by atoms with Gasteiger partial charge in [-0.1, -0.05) is 12.1 Å². The van der Waals surface area contributed by atoms with Crippen molar-refractivity contribution in [2.45, 2.75) is 12.5 Å². The fourth-order valence-corrected chi connectivity index (χ4v) is 2.02. The predicted molar refractivity (Wildman–Crippen MR) is 74.9 cm³/mol. The molecule has 0 bridgehead atoms. The number of nitrogens with one attached hydrogen (secondary N) is 3. The number of rotatable bonds is 5. The first kappa shape index (κ1) is 15.0. The minimum absolute atomic E-state index is 0.113. The number of hydrogen-bond donors (Lipinski definition) is 4. The topological polar surface area (TPSA) is 108 Å². The Bertz CT molecular complexity index is 532. The molecule has 0 radical (unpaired) electrons. The van der Waals surface area contributed by atoms with Gasteiger partial charge in [-0.3, -0.25) is 14.9 Å². The lowest BCUT2D eigenvalue weighted by atomic mass is 10.1. The molecule has 7 heteroatoms. The van der Waals surface area contributed by atoms with Crippen molar-refractivity contribution in [1.29, 1.82) is 0 Å². The number of carbonyl (C=O) groups is 3. The molecule has 1 unspecified atom stereocenters. The molecule has 7 nitrogen and oxygen atoms in total. The van der Waals surface area contributed by atoms with Crippen molar-refractivity contribution < 1.29 is 19.5 Å². The maximum absolute atomic E-state index is 11.8. The van der Waals surface area contributed by atoms with E-state index >= 15 is 0 Å². The average Bonchev–Trinajstić information content (AvgIpc) is 2.48. The highest BCUT2D eigenvalue weighted by Gasteiger charge is 2.23. The van der Waals surface area contributed by atoms with Gasteiger partial charge in [-0.15, -0.1) is 0 Å². The van der Waals surface area contributed by atoms with Gasteiger partial charge >= 0.3 is 5.97 Å². The third kappa shape index (κ3) is 4.28. The number of piperazine rings is 1. The van der Waals surface area contributed by atoms with Crippen LogP contribution in [0, 0.1) is 0 Å². The molecule has 0 aromatic heterocycles. The summed E-state index contributed by atoms with van der Waals surface area (Å²) in [4.78, 5) is 33.5. The fourth-order valence-electron chi connectivity index (χ4n) is 2.02. The highest BCUT2D eigenvalue weighted by Crippen LogP contribution is 2.04. The van der Waals surface area contributed by atoms with E-state index in [9.17, 15) is 14.4 Å². The van der Waals surface area contributed by atoms with E-state index in [1.54, 1.807) is 12.1 Å². The van der Waals surface area contributed by atoms with Gasteiger partial charge < -0.3 is 15.7 Å². The van der Waals surface area contributed by atoms with Gasteiger partial charge in [0.15, 0.2) is 0 Å². The lowest BCUT2D eigenvalue weighted by Crippen LogP contribution is -2.58. The van der Waals surface area contributed by atoms with Crippen LogP contribution in [0.2, 0.25) is 0 Å². The van der Waals surface area contributed by atoms with Crippen LogP contribution in [0.25, 0.3) is 0 Å². The summed E-state index contributed by atoms with van der Waals surface area (Å²) >= 11 is 0. The van der Waals surface area contributed by atoms with Crippen LogP contribution < -0.4 is 16.0 Å². The van der Waals surface area contributed by atoms with Crippen molar-refractivity contribution in [2.24, 2.45) is 0 Å². The minimum Gasteiger partial charge on any atom is -0.478 e. The van der Waals surface area contributed by atoms with Gasteiger partial charge in [0.1, 0.15) is 6.04 Å². The van der Waals surface area contributed by atoms with E-state index in [4.69, 9.17) is 5.11 Å². The molecule has 4 N–H and O–H groups in total. The van der Waals surface area contributed by atoms with Crippen LogP contribution in [0.3, 0.4) is 0 Å². The SMILES string of the molecule is O=C1CNC(C(=O)NCCc2ccc(C(=O)O)cc2)CN1. The number of hydrogen-bond acceptors (Lipinski definition) is 4. The highest BCUT2D eigenvalue weighted by molar-refractivity contribution is 5.87. The van der Waals surface area contributed by atoms with Gasteiger partial charge in [0.25, 0.3) is 0 Å². The molecule has 0 aliphatic carbocycles. The molecule has 21 heavy (non-hydrogen) atoms. The van der Waals surface area contributed by atoms with E-state index < -0.39 is 12.0 Å². The summed E-state index contributed by atoms with van der Waals surface area (Å²) in [7, 11) is 0. The van der Waals surface area contributed by atoms with Crippen LogP contribution in [0.5, 0.6) is 0 Å². The third-order valence-corrected chi connectivity index (χ3v) is 3.24. The first-order valence-corrected chi connectivity index (χ1v) is 6.66. The summed E-state index contributed by atoms with van der Waals surface area (Å²) in [5, 5.41) is 17.0. The second-order valence-electron chi connectivity index (χ2n) is 4.78. The Balaban J connectivity index is 1.74. The lowest BCUT2D eigenvalue weighted by molar-refractivity contribution is -0.126. The summed E-state index contributed by atoms with van der Waals surface area (Å²) < 4.78 is 0. The Morgan fingerprint density at radius 2 is 2.00 bits per heavy atom. The Labute approximate surface area is 121 Å². The van der Waals surface area contributed by atoms with Crippen LogP contribution in [0.1, 0.15) is 15.9 Å². The predicted octanol–water partition coefficient (Wildman–Crippen LogP) is -0.868. The minimum atomic E-state index is -0.958. The van der Waals surface area contributed by atoms with Gasteiger partial charge in [0, 0.05) is 13.1 Å². The van der Waals surface area contributed by atoms with Crippen molar-refractivity contribution in [3.8, 4) is 0 Å². The van der Waals surface area contributed by atoms with Crippen LogP contribution in [0.15, 0.2) is 24.3 Å². The van der Waals surface area contributed by atoms with Gasteiger partial charge in [0.2, 0.25) is 11.8 Å². The van der Waals surface area contributed by atoms with Crippen LogP contribution in [-0.4, -0.2) is 48.6 Å². The molecular weight excluding hydrogens is 274 g/mol. The maximum atomic E-state index is 11.8. The monoisotopic (exact) mass is 291 g/mol. The zero-order chi connectivity index (χ0) is 15.2. The van der Waals surface area contributed by atoms with Crippen LogP contribution in [-0.2, 0) is 16.0 Å². The van der Waals surface area contributed by atoms with Crippen LogP contribution in [0.4, 0.5) is 0 Å². The summed E-state index contributed by atoms with van der Waals surface area (Å²) in [6.07, 6.45) is 0.616. The number of carboxylic acid groups (broad SMARTS) is 1. The van der Waals surface area contributed by atoms with Crippen molar-refractivity contribution in [2.75, 3.05) is 19.6 Å². The number of amides is 2. The highest BCUT2D eigenvalue weighted by atomic mass is 16.4. The van der Waals surface area contributed by atoms with Crippen molar-refractivity contribution >= 4 is 17.8 Å². The smallest absolute Gasteiger partial charge is 0.335 e. The van der Waals surface area contributed by atoms with Crippen molar-refractivity contribution in [3.63, 3.8) is 0 Å². The molecule has 112 valence electrons. The quantitative estimate of drug-likeness (QED) is 0.564. The maximum Gasteiger partial charge on any atom is 0.335 e. The van der Waals surface area contributed by atoms with Gasteiger partial charge in [0.05, 0.1) is 12.1 Å². The molecule has 2 rings (SSSR count). The summed E-state index contributed by atoms with van der Waals surface area (Å²) in [5.74, 6) is -1.23. The van der Waals surface area contributed by atoms with Crippen LogP contribution >= 0.6 is 0 Å². The summed E-state index contributed by atoms with van der Waals surface area (Å²) in [6, 6.07) is 6.14. The second kappa shape index (κ2) is 6.85. The molecule has 1 aromatic rings. The Kier molecular flexibility index (Phi) is 4.89. The second-order valence-corrected chi connectivity index (χ2v) is 4.78. The van der Waals surface area contributed by atoms with E-state index in [1.165, 1.54) is 12.1 Å². The number of aromatic carboxylic acids is 1. The summed E-state index contributed by atoms with van der Waals surface area (Å²) in [5.41, 5.74) is 1.19. The molecule has 1 aromatic carbocycles. The van der Waals surface area contributed by atoms with E-state index in [0.717, 1.165) is 5.56 Å². The zero-order valence-corrected chi connectivity index (χ0v) is 11.4. The van der Waals surface area contributed by atoms with Gasteiger partial charge in [-0.05, 0) is 24.1 Å². The Morgan fingerprint density at radius 3 is 2.57 bits per heavy atom. The molecule has 2 amide bonds. The molecule has 0 saturated carbocycles. The molecule has 0 spiro atoms. The zero-order valence-electron chi connectivity index (χ0n) is 11.4. The molecule has 1 fully saturated rings. The standard InChI is InChI=1S/C14H17N3O4/c18-12-8-16-11(7-17-12)13(19)15-6-5-9-1-3-10(4-2-9)14(20)21/h1-4,11,16H,5-8H2,(H,15,19)(H,17,18)(H,20,21). The van der Waals surface area contributed by atoms with E-state index in [0.29, 0.717) is 13.0 Å². The molecule has 1 aliphatic heterocycles. The lowest BCUT2D eigenvalue weighted by Gasteiger charge is -2.23. The van der Waals surface area contributed by atoms with Crippen molar-refractivity contribution in [1.82, 2.24) is 16.0 Å². The largest absolute Gasteiger partial charge is 0.478 e.